The van der Waals surface area contributed by atoms with Gasteiger partial charge in [-0.1, -0.05) is 0 Å². The van der Waals surface area contributed by atoms with Crippen molar-refractivity contribution in [1.29, 1.82) is 0 Å². The predicted molar refractivity (Wildman–Crippen MR) is 52.1 cm³/mol. The highest BCUT2D eigenvalue weighted by atomic mass is 16.1. The van der Waals surface area contributed by atoms with E-state index in [1.165, 1.54) is 0 Å². The predicted octanol–water partition coefficient (Wildman–Crippen LogP) is 0.268. The topological polar surface area (TPSA) is 41.1 Å². The van der Waals surface area contributed by atoms with Crippen molar-refractivity contribution in [3.63, 3.8) is 0 Å². The monoisotopic (exact) mass is 180 g/mol. The Morgan fingerprint density at radius 1 is 1.69 bits per heavy atom. The molecule has 1 saturated heterocycles. The van der Waals surface area contributed by atoms with Crippen molar-refractivity contribution in [1.82, 2.24) is 10.6 Å². The molecule has 0 bridgehead atoms. The van der Waals surface area contributed by atoms with E-state index in [9.17, 15) is 4.79 Å². The molecule has 0 aromatic rings. The summed E-state index contributed by atoms with van der Waals surface area (Å²) in [6.07, 6.45) is 2.49. The fourth-order valence-electron chi connectivity index (χ4n) is 1.37. The van der Waals surface area contributed by atoms with Gasteiger partial charge in [-0.15, -0.1) is 11.8 Å². The number of amides is 1. The minimum Gasteiger partial charge on any atom is -0.355 e. The van der Waals surface area contributed by atoms with Crippen LogP contribution in [0.2, 0.25) is 0 Å². The zero-order chi connectivity index (χ0) is 9.52. The molecule has 3 heteroatoms. The molecule has 0 aliphatic carbocycles. The molecule has 0 spiro atoms. The molecular formula is C10H16N2O. The van der Waals surface area contributed by atoms with Gasteiger partial charge in [0.15, 0.2) is 0 Å². The van der Waals surface area contributed by atoms with Crippen LogP contribution in [0.5, 0.6) is 0 Å². The molecule has 1 aliphatic heterocycles. The average Bonchev–Trinajstić information content (AvgIpc) is 2.15. The summed E-state index contributed by atoms with van der Waals surface area (Å²) in [7, 11) is 0. The molecule has 1 fully saturated rings. The fraction of sp³-hybridized carbons (Fsp3) is 0.700. The first kappa shape index (κ1) is 10.1. The number of piperidine rings is 1. The van der Waals surface area contributed by atoms with E-state index >= 15 is 0 Å². The SMILES string of the molecule is CC#CCCNC1CCC(=O)NC1. The van der Waals surface area contributed by atoms with Crippen molar-refractivity contribution in [3.8, 4) is 11.8 Å². The van der Waals surface area contributed by atoms with Gasteiger partial charge in [0.25, 0.3) is 0 Å². The van der Waals surface area contributed by atoms with Crippen molar-refractivity contribution in [2.24, 2.45) is 0 Å². The van der Waals surface area contributed by atoms with Gasteiger partial charge in [0.2, 0.25) is 5.91 Å². The van der Waals surface area contributed by atoms with E-state index in [-0.39, 0.29) is 5.91 Å². The molecule has 1 aliphatic rings. The van der Waals surface area contributed by atoms with Crippen LogP contribution in [-0.2, 0) is 4.79 Å². The van der Waals surface area contributed by atoms with Crippen molar-refractivity contribution in [2.45, 2.75) is 32.2 Å². The van der Waals surface area contributed by atoms with Crippen LogP contribution < -0.4 is 10.6 Å². The average molecular weight is 180 g/mol. The molecule has 3 nitrogen and oxygen atoms in total. The Labute approximate surface area is 79.3 Å². The van der Waals surface area contributed by atoms with Crippen LogP contribution in [0.1, 0.15) is 26.2 Å². The van der Waals surface area contributed by atoms with Crippen molar-refractivity contribution in [2.75, 3.05) is 13.1 Å². The van der Waals surface area contributed by atoms with Crippen LogP contribution in [0.3, 0.4) is 0 Å². The highest BCUT2D eigenvalue weighted by Gasteiger charge is 2.16. The first-order valence-electron chi connectivity index (χ1n) is 4.72. The standard InChI is InChI=1S/C10H16N2O/c1-2-3-4-7-11-9-5-6-10(13)12-8-9/h9,11H,4-8H2,1H3,(H,12,13). The van der Waals surface area contributed by atoms with Crippen molar-refractivity contribution in [3.05, 3.63) is 0 Å². The summed E-state index contributed by atoms with van der Waals surface area (Å²) >= 11 is 0. The zero-order valence-corrected chi connectivity index (χ0v) is 8.02. The second-order valence-electron chi connectivity index (χ2n) is 3.17. The third kappa shape index (κ3) is 3.95. The molecule has 1 heterocycles. The Hall–Kier alpha value is -1.01. The number of carbonyl (C=O) groups is 1. The number of hydrogen-bond acceptors (Lipinski definition) is 2. The van der Waals surface area contributed by atoms with Gasteiger partial charge in [0.05, 0.1) is 0 Å². The van der Waals surface area contributed by atoms with E-state index in [2.05, 4.69) is 22.5 Å². The van der Waals surface area contributed by atoms with Crippen molar-refractivity contribution >= 4 is 5.91 Å². The first-order chi connectivity index (χ1) is 6.33. The lowest BCUT2D eigenvalue weighted by atomic mass is 10.1. The van der Waals surface area contributed by atoms with Gasteiger partial charge in [-0.05, 0) is 13.3 Å². The van der Waals surface area contributed by atoms with Crippen LogP contribution >= 0.6 is 0 Å². The van der Waals surface area contributed by atoms with E-state index in [0.29, 0.717) is 12.5 Å². The van der Waals surface area contributed by atoms with Gasteiger partial charge < -0.3 is 10.6 Å². The number of nitrogens with one attached hydrogen (secondary N) is 2. The molecule has 0 aromatic carbocycles. The summed E-state index contributed by atoms with van der Waals surface area (Å²) in [5.74, 6) is 6.02. The van der Waals surface area contributed by atoms with Gasteiger partial charge in [0, 0.05) is 32.0 Å². The number of hydrogen-bond donors (Lipinski definition) is 2. The van der Waals surface area contributed by atoms with Crippen LogP contribution in [0.4, 0.5) is 0 Å². The van der Waals surface area contributed by atoms with E-state index in [1.807, 2.05) is 6.92 Å². The van der Waals surface area contributed by atoms with Gasteiger partial charge in [-0.2, -0.15) is 0 Å². The molecule has 1 atom stereocenters. The molecule has 0 aromatic heterocycles. The highest BCUT2D eigenvalue weighted by molar-refractivity contribution is 5.76. The molecule has 72 valence electrons. The molecule has 1 unspecified atom stereocenters. The Morgan fingerprint density at radius 2 is 2.54 bits per heavy atom. The summed E-state index contributed by atoms with van der Waals surface area (Å²) in [6, 6.07) is 0.441. The van der Waals surface area contributed by atoms with Crippen LogP contribution in [0.15, 0.2) is 0 Å². The summed E-state index contributed by atoms with van der Waals surface area (Å²) in [5.41, 5.74) is 0. The maximum atomic E-state index is 10.8. The molecule has 13 heavy (non-hydrogen) atoms. The third-order valence-corrected chi connectivity index (χ3v) is 2.13. The van der Waals surface area contributed by atoms with Crippen LogP contribution in [-0.4, -0.2) is 25.0 Å². The minimum atomic E-state index is 0.173. The van der Waals surface area contributed by atoms with Gasteiger partial charge in [0.1, 0.15) is 0 Å². The molecule has 0 radical (unpaired) electrons. The number of carbonyl (C=O) groups excluding carboxylic acids is 1. The zero-order valence-electron chi connectivity index (χ0n) is 8.02. The Bertz CT molecular complexity index is 217. The number of rotatable bonds is 3. The lowest BCUT2D eigenvalue weighted by Gasteiger charge is -2.23. The molecule has 2 N–H and O–H groups in total. The van der Waals surface area contributed by atoms with Crippen molar-refractivity contribution < 1.29 is 4.79 Å². The molecular weight excluding hydrogens is 164 g/mol. The summed E-state index contributed by atoms with van der Waals surface area (Å²) in [4.78, 5) is 10.8. The largest absolute Gasteiger partial charge is 0.355 e. The maximum absolute atomic E-state index is 10.8. The smallest absolute Gasteiger partial charge is 0.220 e. The van der Waals surface area contributed by atoms with E-state index in [1.54, 1.807) is 0 Å². The molecule has 0 saturated carbocycles. The lowest BCUT2D eigenvalue weighted by Crippen LogP contribution is -2.45. The van der Waals surface area contributed by atoms with Gasteiger partial charge in [-0.25, -0.2) is 0 Å². The Morgan fingerprint density at radius 3 is 3.15 bits per heavy atom. The molecule has 1 amide bonds. The lowest BCUT2D eigenvalue weighted by molar-refractivity contribution is -0.122. The molecule has 1 rings (SSSR count). The quantitative estimate of drug-likeness (QED) is 0.483. The summed E-state index contributed by atoms with van der Waals surface area (Å²) in [5, 5.41) is 6.20. The second kappa shape index (κ2) is 5.60. The van der Waals surface area contributed by atoms with E-state index < -0.39 is 0 Å². The second-order valence-corrected chi connectivity index (χ2v) is 3.17. The first-order valence-corrected chi connectivity index (χ1v) is 4.72. The Kier molecular flexibility index (Phi) is 4.34. The fourth-order valence-corrected chi connectivity index (χ4v) is 1.37. The van der Waals surface area contributed by atoms with Gasteiger partial charge >= 0.3 is 0 Å². The highest BCUT2D eigenvalue weighted by Crippen LogP contribution is 2.01. The maximum Gasteiger partial charge on any atom is 0.220 e. The van der Waals surface area contributed by atoms with Gasteiger partial charge in [-0.3, -0.25) is 4.79 Å². The summed E-state index contributed by atoms with van der Waals surface area (Å²) in [6.45, 7) is 3.53. The summed E-state index contributed by atoms with van der Waals surface area (Å²) < 4.78 is 0. The van der Waals surface area contributed by atoms with E-state index in [0.717, 1.165) is 25.9 Å². The van der Waals surface area contributed by atoms with E-state index in [4.69, 9.17) is 0 Å². The van der Waals surface area contributed by atoms with Crippen LogP contribution in [0, 0.1) is 11.8 Å². The Balaban J connectivity index is 2.07. The minimum absolute atomic E-state index is 0.173. The third-order valence-electron chi connectivity index (χ3n) is 2.13. The van der Waals surface area contributed by atoms with Crippen LogP contribution in [0.25, 0.3) is 0 Å². The normalized spacial score (nSPS) is 21.6.